The van der Waals surface area contributed by atoms with E-state index >= 15 is 0 Å². The van der Waals surface area contributed by atoms with Crippen LogP contribution in [-0.2, 0) is 4.79 Å². The number of benzene rings is 1. The van der Waals surface area contributed by atoms with Gasteiger partial charge in [0.25, 0.3) is 5.91 Å². The van der Waals surface area contributed by atoms with Crippen molar-refractivity contribution in [1.29, 1.82) is 0 Å². The molecule has 1 fully saturated rings. The average molecular weight is 295 g/mol. The third kappa shape index (κ3) is 3.93. The molecule has 0 heterocycles. The summed E-state index contributed by atoms with van der Waals surface area (Å²) in [5, 5.41) is 11.9. The predicted molar refractivity (Wildman–Crippen MR) is 73.8 cm³/mol. The van der Waals surface area contributed by atoms with Crippen molar-refractivity contribution in [3.8, 4) is 5.75 Å². The molecule has 2 rings (SSSR count). The third-order valence-corrected chi connectivity index (χ3v) is 3.55. The highest BCUT2D eigenvalue weighted by molar-refractivity contribution is 5.91. The minimum Gasteiger partial charge on any atom is -0.480 e. The van der Waals surface area contributed by atoms with Gasteiger partial charge in [0.2, 0.25) is 0 Å². The molecule has 1 atom stereocenters. The molecule has 1 saturated carbocycles. The summed E-state index contributed by atoms with van der Waals surface area (Å²) >= 11 is 0. The van der Waals surface area contributed by atoms with Crippen LogP contribution in [0.3, 0.4) is 0 Å². The van der Waals surface area contributed by atoms with Crippen LogP contribution < -0.4 is 10.1 Å². The first kappa shape index (κ1) is 15.3. The number of rotatable bonds is 5. The van der Waals surface area contributed by atoms with Gasteiger partial charge >= 0.3 is 5.97 Å². The van der Waals surface area contributed by atoms with Crippen molar-refractivity contribution in [3.63, 3.8) is 0 Å². The molecule has 1 amide bonds. The first-order valence-electron chi connectivity index (χ1n) is 6.97. The molecule has 1 aromatic rings. The van der Waals surface area contributed by atoms with E-state index in [0.717, 1.165) is 43.9 Å². The summed E-state index contributed by atoms with van der Waals surface area (Å²) in [4.78, 5) is 23.1. The van der Waals surface area contributed by atoms with Gasteiger partial charge in [0.05, 0.1) is 0 Å². The smallest absolute Gasteiger partial charge is 0.339 e. The second-order valence-electron chi connectivity index (χ2n) is 5.20. The Morgan fingerprint density at radius 3 is 2.67 bits per heavy atom. The number of ether oxygens (including phenoxy) is 1. The van der Waals surface area contributed by atoms with Crippen molar-refractivity contribution in [1.82, 2.24) is 5.32 Å². The lowest BCUT2D eigenvalue weighted by Gasteiger charge is -2.19. The topological polar surface area (TPSA) is 75.6 Å². The second kappa shape index (κ2) is 6.56. The number of carboxylic acids is 1. The molecule has 0 aliphatic heterocycles. The second-order valence-corrected chi connectivity index (χ2v) is 5.20. The van der Waals surface area contributed by atoms with E-state index in [-0.39, 0.29) is 23.3 Å². The van der Waals surface area contributed by atoms with Crippen LogP contribution in [0.4, 0.5) is 4.39 Å². The fourth-order valence-electron chi connectivity index (χ4n) is 2.40. The fraction of sp³-hybridized carbons (Fsp3) is 0.467. The van der Waals surface area contributed by atoms with E-state index in [1.807, 2.05) is 0 Å². The standard InChI is InChI=1S/C15H18FNO4/c1-9(14(18)17-11-4-2-3-5-11)21-13-8-10(16)6-7-12(13)15(19)20/h6-9,11H,2-5H2,1H3,(H,17,18)(H,19,20). The van der Waals surface area contributed by atoms with Crippen LogP contribution in [-0.4, -0.2) is 29.1 Å². The van der Waals surface area contributed by atoms with Gasteiger partial charge in [-0.05, 0) is 31.9 Å². The maximum Gasteiger partial charge on any atom is 0.339 e. The molecule has 0 radical (unpaired) electrons. The lowest BCUT2D eigenvalue weighted by molar-refractivity contribution is -0.128. The summed E-state index contributed by atoms with van der Waals surface area (Å²) in [5.74, 6) is -2.30. The van der Waals surface area contributed by atoms with Crippen molar-refractivity contribution in [3.05, 3.63) is 29.6 Å². The summed E-state index contributed by atoms with van der Waals surface area (Å²) in [7, 11) is 0. The molecule has 0 bridgehead atoms. The number of carbonyl (C=O) groups excluding carboxylic acids is 1. The van der Waals surface area contributed by atoms with Gasteiger partial charge in [-0.25, -0.2) is 9.18 Å². The maximum atomic E-state index is 13.2. The number of hydrogen-bond acceptors (Lipinski definition) is 3. The van der Waals surface area contributed by atoms with Crippen LogP contribution in [0.2, 0.25) is 0 Å². The number of aromatic carboxylic acids is 1. The fourth-order valence-corrected chi connectivity index (χ4v) is 2.40. The molecule has 1 unspecified atom stereocenters. The van der Waals surface area contributed by atoms with E-state index in [1.165, 1.54) is 6.92 Å². The van der Waals surface area contributed by atoms with E-state index in [2.05, 4.69) is 5.32 Å². The number of amides is 1. The van der Waals surface area contributed by atoms with Crippen LogP contribution in [0.5, 0.6) is 5.75 Å². The normalized spacial score (nSPS) is 16.5. The highest BCUT2D eigenvalue weighted by atomic mass is 19.1. The van der Waals surface area contributed by atoms with Crippen LogP contribution in [0.1, 0.15) is 43.0 Å². The van der Waals surface area contributed by atoms with E-state index in [9.17, 15) is 14.0 Å². The molecule has 6 heteroatoms. The monoisotopic (exact) mass is 295 g/mol. The summed E-state index contributed by atoms with van der Waals surface area (Å²) < 4.78 is 18.5. The molecular weight excluding hydrogens is 277 g/mol. The lowest BCUT2D eigenvalue weighted by atomic mass is 10.2. The van der Waals surface area contributed by atoms with Crippen molar-refractivity contribution in [2.75, 3.05) is 0 Å². The molecule has 114 valence electrons. The Morgan fingerprint density at radius 2 is 2.05 bits per heavy atom. The molecule has 1 aliphatic carbocycles. The Morgan fingerprint density at radius 1 is 1.38 bits per heavy atom. The Kier molecular flexibility index (Phi) is 4.77. The SMILES string of the molecule is CC(Oc1cc(F)ccc1C(=O)O)C(=O)NC1CCCC1. The van der Waals surface area contributed by atoms with Crippen LogP contribution in [0, 0.1) is 5.82 Å². The van der Waals surface area contributed by atoms with Crippen molar-refractivity contribution >= 4 is 11.9 Å². The first-order chi connectivity index (χ1) is 9.97. The van der Waals surface area contributed by atoms with Gasteiger partial charge in [0.1, 0.15) is 17.1 Å². The Bertz CT molecular complexity index is 540. The molecule has 0 spiro atoms. The van der Waals surface area contributed by atoms with Crippen molar-refractivity contribution < 1.29 is 23.8 Å². The average Bonchev–Trinajstić information content (AvgIpc) is 2.91. The zero-order valence-electron chi connectivity index (χ0n) is 11.8. The zero-order valence-corrected chi connectivity index (χ0v) is 11.8. The van der Waals surface area contributed by atoms with Crippen LogP contribution >= 0.6 is 0 Å². The molecule has 1 aliphatic rings. The molecule has 0 aromatic heterocycles. The summed E-state index contributed by atoms with van der Waals surface area (Å²) in [5.41, 5.74) is -0.170. The molecule has 1 aromatic carbocycles. The van der Waals surface area contributed by atoms with Crippen molar-refractivity contribution in [2.24, 2.45) is 0 Å². The number of nitrogens with one attached hydrogen (secondary N) is 1. The van der Waals surface area contributed by atoms with Gasteiger partial charge in [-0.2, -0.15) is 0 Å². The Hall–Kier alpha value is -2.11. The van der Waals surface area contributed by atoms with Gasteiger partial charge in [0.15, 0.2) is 6.10 Å². The Labute approximate surface area is 122 Å². The minimum absolute atomic E-state index is 0.142. The highest BCUT2D eigenvalue weighted by Crippen LogP contribution is 2.22. The van der Waals surface area contributed by atoms with Gasteiger partial charge in [-0.3, -0.25) is 4.79 Å². The Balaban J connectivity index is 2.04. The quantitative estimate of drug-likeness (QED) is 0.874. The molecular formula is C15H18FNO4. The van der Waals surface area contributed by atoms with Gasteiger partial charge < -0.3 is 15.2 Å². The van der Waals surface area contributed by atoms with E-state index in [0.29, 0.717) is 0 Å². The molecule has 0 saturated heterocycles. The van der Waals surface area contributed by atoms with Crippen LogP contribution in [0.25, 0.3) is 0 Å². The van der Waals surface area contributed by atoms with Crippen LogP contribution in [0.15, 0.2) is 18.2 Å². The summed E-state index contributed by atoms with van der Waals surface area (Å²) in [6.07, 6.45) is 3.18. The first-order valence-corrected chi connectivity index (χ1v) is 6.97. The third-order valence-electron chi connectivity index (χ3n) is 3.55. The van der Waals surface area contributed by atoms with E-state index in [1.54, 1.807) is 0 Å². The summed E-state index contributed by atoms with van der Waals surface area (Å²) in [6, 6.07) is 3.28. The number of halogens is 1. The van der Waals surface area contributed by atoms with Gasteiger partial charge in [-0.15, -0.1) is 0 Å². The highest BCUT2D eigenvalue weighted by Gasteiger charge is 2.23. The number of carboxylic acid groups (broad SMARTS) is 1. The number of carbonyl (C=O) groups is 2. The zero-order chi connectivity index (χ0) is 15.4. The van der Waals surface area contributed by atoms with Gasteiger partial charge in [0, 0.05) is 12.1 Å². The predicted octanol–water partition coefficient (Wildman–Crippen LogP) is 2.35. The molecule has 2 N–H and O–H groups in total. The summed E-state index contributed by atoms with van der Waals surface area (Å²) in [6.45, 7) is 1.51. The maximum absolute atomic E-state index is 13.2. The minimum atomic E-state index is -1.23. The lowest BCUT2D eigenvalue weighted by Crippen LogP contribution is -2.41. The molecule has 5 nitrogen and oxygen atoms in total. The largest absolute Gasteiger partial charge is 0.480 e. The van der Waals surface area contributed by atoms with E-state index in [4.69, 9.17) is 9.84 Å². The molecule has 21 heavy (non-hydrogen) atoms. The van der Waals surface area contributed by atoms with E-state index < -0.39 is 17.9 Å². The van der Waals surface area contributed by atoms with Gasteiger partial charge in [-0.1, -0.05) is 12.8 Å². The van der Waals surface area contributed by atoms with Crippen molar-refractivity contribution in [2.45, 2.75) is 44.8 Å². The number of hydrogen-bond donors (Lipinski definition) is 2.